The minimum Gasteiger partial charge on any atom is -0.478 e. The quantitative estimate of drug-likeness (QED) is 0.566. The van der Waals surface area contributed by atoms with E-state index in [1.165, 1.54) is 6.07 Å². The smallest absolute Gasteiger partial charge is 0.336 e. The van der Waals surface area contributed by atoms with Crippen molar-refractivity contribution in [2.45, 2.75) is 6.61 Å². The SMILES string of the molecule is O=Cc1cc(C(=O)[Si])cc(CO)c1C(=O)O. The van der Waals surface area contributed by atoms with E-state index >= 15 is 0 Å². The van der Waals surface area contributed by atoms with E-state index in [9.17, 15) is 14.4 Å². The van der Waals surface area contributed by atoms with Crippen LogP contribution in [-0.4, -0.2) is 38.1 Å². The highest BCUT2D eigenvalue weighted by molar-refractivity contribution is 6.62. The van der Waals surface area contributed by atoms with E-state index in [1.54, 1.807) is 0 Å². The highest BCUT2D eigenvalue weighted by Crippen LogP contribution is 2.17. The summed E-state index contributed by atoms with van der Waals surface area (Å²) in [6, 6.07) is 2.39. The topological polar surface area (TPSA) is 91.7 Å². The fourth-order valence-electron chi connectivity index (χ4n) is 1.34. The molecule has 0 aliphatic carbocycles. The lowest BCUT2D eigenvalue weighted by Gasteiger charge is -2.08. The van der Waals surface area contributed by atoms with Gasteiger partial charge in [0.1, 0.15) is 15.6 Å². The highest BCUT2D eigenvalue weighted by atomic mass is 28.1. The summed E-state index contributed by atoms with van der Waals surface area (Å²) in [5, 5.41) is 17.4. The van der Waals surface area contributed by atoms with Crippen molar-refractivity contribution >= 4 is 27.9 Å². The number of aldehydes is 1. The molecule has 2 N–H and O–H groups in total. The Labute approximate surface area is 94.1 Å². The van der Waals surface area contributed by atoms with E-state index < -0.39 is 18.0 Å². The van der Waals surface area contributed by atoms with Gasteiger partial charge >= 0.3 is 5.97 Å². The zero-order valence-corrected chi connectivity index (χ0v) is 9.06. The van der Waals surface area contributed by atoms with Crippen LogP contribution in [0.1, 0.15) is 36.6 Å². The molecule has 1 aromatic rings. The van der Waals surface area contributed by atoms with Crippen LogP contribution >= 0.6 is 0 Å². The Bertz CT molecular complexity index is 467. The van der Waals surface area contributed by atoms with Gasteiger partial charge in [-0.15, -0.1) is 0 Å². The van der Waals surface area contributed by atoms with E-state index in [0.717, 1.165) is 6.07 Å². The first kappa shape index (κ1) is 12.3. The molecule has 0 saturated heterocycles. The highest BCUT2D eigenvalue weighted by Gasteiger charge is 2.17. The summed E-state index contributed by atoms with van der Waals surface area (Å²) in [5.41, 5.74) is -0.277. The number of carbonyl (C=O) groups excluding carboxylic acids is 2. The molecule has 16 heavy (non-hydrogen) atoms. The number of aromatic carboxylic acids is 1. The van der Waals surface area contributed by atoms with Gasteiger partial charge in [0.2, 0.25) is 0 Å². The van der Waals surface area contributed by atoms with Gasteiger partial charge in [0, 0.05) is 11.1 Å². The van der Waals surface area contributed by atoms with Crippen LogP contribution in [0.2, 0.25) is 0 Å². The largest absolute Gasteiger partial charge is 0.478 e. The summed E-state index contributed by atoms with van der Waals surface area (Å²) >= 11 is 0. The Balaban J connectivity index is 3.55. The molecule has 0 saturated carbocycles. The minimum absolute atomic E-state index is 0.0266. The molecule has 5 nitrogen and oxygen atoms in total. The molecule has 3 radical (unpaired) electrons. The first-order chi connectivity index (χ1) is 7.51. The third kappa shape index (κ3) is 2.23. The summed E-state index contributed by atoms with van der Waals surface area (Å²) in [6.45, 7) is -0.560. The molecule has 6 heteroatoms. The molecule has 81 valence electrons. The molecule has 0 bridgehead atoms. The standard InChI is InChI=1S/C10H7O5Si/c11-3-6-1-5(10(15)16)2-7(4-12)8(6)9(13)14/h1-3,12H,4H2,(H,13,14). The van der Waals surface area contributed by atoms with Crippen LogP contribution in [0.25, 0.3) is 0 Å². The van der Waals surface area contributed by atoms with Gasteiger partial charge < -0.3 is 15.0 Å². The molecule has 0 fully saturated rings. The van der Waals surface area contributed by atoms with Crippen LogP contribution in [0.15, 0.2) is 12.1 Å². The van der Waals surface area contributed by atoms with E-state index in [0.29, 0.717) is 6.29 Å². The van der Waals surface area contributed by atoms with Crippen LogP contribution in [0.3, 0.4) is 0 Å². The second-order valence-corrected chi connectivity index (χ2v) is 3.46. The Morgan fingerprint density at radius 3 is 2.38 bits per heavy atom. The van der Waals surface area contributed by atoms with Crippen LogP contribution in [0.5, 0.6) is 0 Å². The Morgan fingerprint density at radius 1 is 1.38 bits per heavy atom. The Morgan fingerprint density at radius 2 is 2.00 bits per heavy atom. The summed E-state index contributed by atoms with van der Waals surface area (Å²) in [6.07, 6.45) is 0.335. The molecule has 0 aliphatic heterocycles. The van der Waals surface area contributed by atoms with Crippen molar-refractivity contribution in [3.8, 4) is 0 Å². The fraction of sp³-hybridized carbons (Fsp3) is 0.100. The summed E-state index contributed by atoms with van der Waals surface area (Å²) in [5.74, 6) is -1.32. The van der Waals surface area contributed by atoms with E-state index in [4.69, 9.17) is 10.2 Å². The molecule has 0 amide bonds. The van der Waals surface area contributed by atoms with E-state index in [-0.39, 0.29) is 22.3 Å². The predicted molar refractivity (Wildman–Crippen MR) is 54.8 cm³/mol. The molecule has 1 aromatic carbocycles. The van der Waals surface area contributed by atoms with E-state index in [1.807, 2.05) is 0 Å². The predicted octanol–water partition coefficient (Wildman–Crippen LogP) is -0.00170. The average molecular weight is 235 g/mol. The van der Waals surface area contributed by atoms with Gasteiger partial charge in [-0.1, -0.05) is 0 Å². The number of carboxylic acids is 1. The van der Waals surface area contributed by atoms with Crippen molar-refractivity contribution in [2.75, 3.05) is 0 Å². The second-order valence-electron chi connectivity index (χ2n) is 3.01. The third-order valence-corrected chi connectivity index (χ3v) is 2.31. The first-order valence-electron chi connectivity index (χ1n) is 4.23. The van der Waals surface area contributed by atoms with Crippen molar-refractivity contribution in [1.82, 2.24) is 0 Å². The molecule has 0 spiro atoms. The average Bonchev–Trinajstić information content (AvgIpc) is 2.26. The van der Waals surface area contributed by atoms with Crippen LogP contribution in [0.4, 0.5) is 0 Å². The van der Waals surface area contributed by atoms with Crippen LogP contribution in [-0.2, 0) is 6.61 Å². The molecule has 1 rings (SSSR count). The number of hydrogen-bond donors (Lipinski definition) is 2. The Hall–Kier alpha value is -1.79. The van der Waals surface area contributed by atoms with Crippen molar-refractivity contribution in [2.24, 2.45) is 0 Å². The number of rotatable bonds is 4. The Kier molecular flexibility index (Phi) is 3.70. The lowest BCUT2D eigenvalue weighted by molar-refractivity contribution is 0.0690. The molecule has 0 aromatic heterocycles. The maximum atomic E-state index is 11.0. The third-order valence-electron chi connectivity index (χ3n) is 2.02. The molecule has 0 atom stereocenters. The number of aliphatic hydroxyl groups is 1. The molecule has 0 aliphatic rings. The van der Waals surface area contributed by atoms with E-state index in [2.05, 4.69) is 10.2 Å². The van der Waals surface area contributed by atoms with Gasteiger partial charge in [0.25, 0.3) is 0 Å². The minimum atomic E-state index is -1.32. The van der Waals surface area contributed by atoms with Crippen LogP contribution < -0.4 is 0 Å². The number of benzene rings is 1. The normalized spacial score (nSPS) is 9.88. The van der Waals surface area contributed by atoms with Gasteiger partial charge in [0.05, 0.1) is 12.2 Å². The van der Waals surface area contributed by atoms with Crippen molar-refractivity contribution < 1.29 is 24.6 Å². The zero-order chi connectivity index (χ0) is 12.3. The monoisotopic (exact) mass is 235 g/mol. The molecule has 0 heterocycles. The van der Waals surface area contributed by atoms with Crippen molar-refractivity contribution in [1.29, 1.82) is 0 Å². The lowest BCUT2D eigenvalue weighted by Crippen LogP contribution is -2.10. The van der Waals surface area contributed by atoms with Gasteiger partial charge in [-0.3, -0.25) is 4.79 Å². The first-order valence-corrected chi connectivity index (χ1v) is 4.73. The summed E-state index contributed by atoms with van der Waals surface area (Å²) in [4.78, 5) is 32.6. The number of aliphatic hydroxyl groups excluding tert-OH is 1. The molecule has 0 unspecified atom stereocenters. The number of carbonyl (C=O) groups is 3. The fourth-order valence-corrected chi connectivity index (χ4v) is 1.48. The maximum Gasteiger partial charge on any atom is 0.336 e. The lowest BCUT2D eigenvalue weighted by atomic mass is 9.99. The van der Waals surface area contributed by atoms with Crippen molar-refractivity contribution in [3.63, 3.8) is 0 Å². The van der Waals surface area contributed by atoms with Gasteiger partial charge in [0.15, 0.2) is 6.29 Å². The second kappa shape index (κ2) is 4.82. The van der Waals surface area contributed by atoms with Crippen LogP contribution in [0, 0.1) is 0 Å². The number of carboxylic acid groups (broad SMARTS) is 1. The molecular formula is C10H7O5Si. The van der Waals surface area contributed by atoms with Gasteiger partial charge in [-0.05, 0) is 17.7 Å². The van der Waals surface area contributed by atoms with Gasteiger partial charge in [-0.25, -0.2) is 4.79 Å². The van der Waals surface area contributed by atoms with Gasteiger partial charge in [-0.2, -0.15) is 0 Å². The maximum absolute atomic E-state index is 11.0. The summed E-state index contributed by atoms with van der Waals surface area (Å²) < 4.78 is 0. The summed E-state index contributed by atoms with van der Waals surface area (Å²) in [7, 11) is 2.74. The molecular weight excluding hydrogens is 228 g/mol. The number of hydrogen-bond acceptors (Lipinski definition) is 4. The van der Waals surface area contributed by atoms with Crippen molar-refractivity contribution in [3.05, 3.63) is 34.4 Å². The zero-order valence-electron chi connectivity index (χ0n) is 8.06.